The van der Waals surface area contributed by atoms with Crippen LogP contribution in [0.4, 0.5) is 4.79 Å². The van der Waals surface area contributed by atoms with Gasteiger partial charge in [-0.1, -0.05) is 67.8 Å². The molecule has 0 N–H and O–H groups in total. The first kappa shape index (κ1) is 26.9. The van der Waals surface area contributed by atoms with Gasteiger partial charge in [0.25, 0.3) is 11.1 Å². The number of Topliss-reactive ketones (excluding diaryl/α,β-unsaturated/α-hetero) is 1. The second kappa shape index (κ2) is 11.6. The summed E-state index contributed by atoms with van der Waals surface area (Å²) in [6.07, 6.45) is 8.81. The highest BCUT2D eigenvalue weighted by molar-refractivity contribution is 8.18. The van der Waals surface area contributed by atoms with Crippen molar-refractivity contribution in [3.05, 3.63) is 75.8 Å². The standard InChI is InChI=1S/C31H33N3O4S/c1-3-22-9-8-10-25-24(18-33(29(22)25)20-28(36)32-15-6-4-5-7-16-32)17-27-30(37)34(31(38)39-27)19-26(35)23-13-11-21(2)12-14-23/h8-14,17-18H,3-7,15-16,19-20H2,1-2H3/b27-17-. The molecule has 2 fully saturated rings. The molecule has 0 bridgehead atoms. The topological polar surface area (TPSA) is 79.7 Å². The number of ketones is 1. The maximum Gasteiger partial charge on any atom is 0.293 e. The van der Waals surface area contributed by atoms with Gasteiger partial charge in [0.1, 0.15) is 6.54 Å². The molecular formula is C31H33N3O4S. The Hall–Kier alpha value is -3.65. The van der Waals surface area contributed by atoms with Crippen molar-refractivity contribution < 1.29 is 19.2 Å². The molecule has 8 heteroatoms. The summed E-state index contributed by atoms with van der Waals surface area (Å²) in [5.74, 6) is -0.658. The monoisotopic (exact) mass is 543 g/mol. The maximum atomic E-state index is 13.2. The van der Waals surface area contributed by atoms with E-state index in [0.717, 1.165) is 89.4 Å². The first-order valence-electron chi connectivity index (χ1n) is 13.6. The molecule has 39 heavy (non-hydrogen) atoms. The molecule has 5 rings (SSSR count). The summed E-state index contributed by atoms with van der Waals surface area (Å²) in [6, 6.07) is 13.1. The fourth-order valence-electron chi connectivity index (χ4n) is 5.31. The van der Waals surface area contributed by atoms with Crippen molar-refractivity contribution in [1.29, 1.82) is 0 Å². The average molecular weight is 544 g/mol. The number of aromatic nitrogens is 1. The first-order chi connectivity index (χ1) is 18.9. The molecule has 0 saturated carbocycles. The van der Waals surface area contributed by atoms with Gasteiger partial charge in [-0.3, -0.25) is 24.1 Å². The number of imide groups is 1. The number of hydrogen-bond acceptors (Lipinski definition) is 5. The van der Waals surface area contributed by atoms with Gasteiger partial charge < -0.3 is 9.47 Å². The summed E-state index contributed by atoms with van der Waals surface area (Å²) in [6.45, 7) is 5.53. The van der Waals surface area contributed by atoms with E-state index in [1.807, 2.05) is 46.9 Å². The van der Waals surface area contributed by atoms with Crippen LogP contribution in [0.25, 0.3) is 17.0 Å². The molecule has 0 spiro atoms. The Bertz CT molecular complexity index is 1460. The maximum absolute atomic E-state index is 13.2. The van der Waals surface area contributed by atoms with Crippen LogP contribution in [0.15, 0.2) is 53.6 Å². The number of likely N-dealkylation sites (tertiary alicyclic amines) is 1. The SMILES string of the molecule is CCc1cccc2c(/C=C3\SC(=O)N(CC(=O)c4ccc(C)cc4)C3=O)cn(CC(=O)N3CCCCCC3)c12. The Balaban J connectivity index is 1.42. The number of nitrogens with zero attached hydrogens (tertiary/aromatic N) is 3. The summed E-state index contributed by atoms with van der Waals surface area (Å²) in [5.41, 5.74) is 4.36. The number of carbonyl (C=O) groups excluding carboxylic acids is 4. The van der Waals surface area contributed by atoms with Crippen LogP contribution in [0.5, 0.6) is 0 Å². The largest absolute Gasteiger partial charge is 0.341 e. The second-order valence-electron chi connectivity index (χ2n) is 10.2. The van der Waals surface area contributed by atoms with Gasteiger partial charge in [0.2, 0.25) is 5.91 Å². The molecular weight excluding hydrogens is 510 g/mol. The zero-order valence-electron chi connectivity index (χ0n) is 22.4. The van der Waals surface area contributed by atoms with Gasteiger partial charge in [-0.2, -0.15) is 0 Å². The molecule has 0 radical (unpaired) electrons. The Morgan fingerprint density at radius 2 is 1.67 bits per heavy atom. The molecule has 3 aromatic rings. The minimum absolute atomic E-state index is 0.0983. The fourth-order valence-corrected chi connectivity index (χ4v) is 6.14. The molecule has 3 amide bonds. The van der Waals surface area contributed by atoms with E-state index in [1.165, 1.54) is 0 Å². The molecule has 202 valence electrons. The zero-order chi connectivity index (χ0) is 27.5. The van der Waals surface area contributed by atoms with Crippen molar-refractivity contribution in [3.8, 4) is 0 Å². The van der Waals surface area contributed by atoms with Crippen LogP contribution < -0.4 is 0 Å². The summed E-state index contributed by atoms with van der Waals surface area (Å²) >= 11 is 0.845. The van der Waals surface area contributed by atoms with E-state index in [1.54, 1.807) is 18.2 Å². The van der Waals surface area contributed by atoms with Crippen LogP contribution in [0.2, 0.25) is 0 Å². The van der Waals surface area contributed by atoms with Crippen molar-refractivity contribution in [1.82, 2.24) is 14.4 Å². The van der Waals surface area contributed by atoms with Gasteiger partial charge in [0.05, 0.1) is 17.0 Å². The van der Waals surface area contributed by atoms with Gasteiger partial charge in [0, 0.05) is 35.8 Å². The molecule has 2 aromatic carbocycles. The average Bonchev–Trinajstić information content (AvgIpc) is 3.24. The van der Waals surface area contributed by atoms with Crippen LogP contribution in [-0.2, 0) is 22.6 Å². The van der Waals surface area contributed by atoms with Crippen molar-refractivity contribution >= 4 is 51.6 Å². The molecule has 0 atom stereocenters. The van der Waals surface area contributed by atoms with Gasteiger partial charge in [0.15, 0.2) is 5.78 Å². The summed E-state index contributed by atoms with van der Waals surface area (Å²) < 4.78 is 1.98. The van der Waals surface area contributed by atoms with E-state index >= 15 is 0 Å². The predicted octanol–water partition coefficient (Wildman–Crippen LogP) is 5.83. The van der Waals surface area contributed by atoms with E-state index in [2.05, 4.69) is 13.0 Å². The van der Waals surface area contributed by atoms with Crippen LogP contribution in [0.3, 0.4) is 0 Å². The smallest absolute Gasteiger partial charge is 0.293 e. The minimum Gasteiger partial charge on any atom is -0.341 e. The zero-order valence-corrected chi connectivity index (χ0v) is 23.3. The van der Waals surface area contributed by atoms with Crippen molar-refractivity contribution in [3.63, 3.8) is 0 Å². The normalized spacial score (nSPS) is 17.3. The van der Waals surface area contributed by atoms with Crippen LogP contribution in [-0.4, -0.2) is 56.8 Å². The summed E-state index contributed by atoms with van der Waals surface area (Å²) in [7, 11) is 0. The molecule has 2 saturated heterocycles. The highest BCUT2D eigenvalue weighted by Crippen LogP contribution is 2.35. The van der Waals surface area contributed by atoms with Gasteiger partial charge in [-0.05, 0) is 49.6 Å². The molecule has 3 heterocycles. The van der Waals surface area contributed by atoms with Crippen LogP contribution in [0.1, 0.15) is 59.7 Å². The van der Waals surface area contributed by atoms with Crippen molar-refractivity contribution in [2.45, 2.75) is 52.5 Å². The fraction of sp³-hybridized carbons (Fsp3) is 0.355. The van der Waals surface area contributed by atoms with Crippen LogP contribution >= 0.6 is 11.8 Å². The number of benzene rings is 2. The van der Waals surface area contributed by atoms with E-state index in [4.69, 9.17) is 0 Å². The third-order valence-corrected chi connectivity index (χ3v) is 8.40. The summed E-state index contributed by atoms with van der Waals surface area (Å²) in [4.78, 5) is 55.2. The van der Waals surface area contributed by atoms with Crippen LogP contribution in [0, 0.1) is 6.92 Å². The third-order valence-electron chi connectivity index (χ3n) is 7.49. The number of rotatable bonds is 7. The van der Waals surface area contributed by atoms with E-state index in [9.17, 15) is 19.2 Å². The Labute approximate surface area is 232 Å². The Kier molecular flexibility index (Phi) is 8.02. The number of fused-ring (bicyclic) bond motifs is 1. The lowest BCUT2D eigenvalue weighted by Gasteiger charge is -2.21. The van der Waals surface area contributed by atoms with E-state index in [0.29, 0.717) is 5.56 Å². The van der Waals surface area contributed by atoms with Crippen molar-refractivity contribution in [2.24, 2.45) is 0 Å². The lowest BCUT2D eigenvalue weighted by Crippen LogP contribution is -2.34. The summed E-state index contributed by atoms with van der Waals surface area (Å²) in [5, 5.41) is 0.474. The second-order valence-corrected chi connectivity index (χ2v) is 11.2. The molecule has 0 aliphatic carbocycles. The first-order valence-corrected chi connectivity index (χ1v) is 14.4. The number of thioether (sulfide) groups is 1. The quantitative estimate of drug-likeness (QED) is 0.277. The Morgan fingerprint density at radius 1 is 0.949 bits per heavy atom. The molecule has 0 unspecified atom stereocenters. The number of para-hydroxylation sites is 1. The van der Waals surface area contributed by atoms with Gasteiger partial charge in [-0.25, -0.2) is 0 Å². The van der Waals surface area contributed by atoms with Gasteiger partial charge in [-0.15, -0.1) is 0 Å². The number of hydrogen-bond donors (Lipinski definition) is 0. The highest BCUT2D eigenvalue weighted by Gasteiger charge is 2.36. The Morgan fingerprint density at radius 3 is 2.36 bits per heavy atom. The highest BCUT2D eigenvalue weighted by atomic mass is 32.2. The van der Waals surface area contributed by atoms with E-state index in [-0.39, 0.29) is 29.7 Å². The molecule has 2 aliphatic rings. The number of amides is 3. The number of aryl methyl sites for hydroxylation is 2. The third kappa shape index (κ3) is 5.71. The van der Waals surface area contributed by atoms with Gasteiger partial charge >= 0.3 is 0 Å². The van der Waals surface area contributed by atoms with Crippen molar-refractivity contribution in [2.75, 3.05) is 19.6 Å². The van der Waals surface area contributed by atoms with E-state index < -0.39 is 11.1 Å². The lowest BCUT2D eigenvalue weighted by atomic mass is 10.1. The number of carbonyl (C=O) groups is 4. The minimum atomic E-state index is -0.473. The molecule has 1 aromatic heterocycles. The molecule has 2 aliphatic heterocycles. The predicted molar refractivity (Wildman–Crippen MR) is 155 cm³/mol. The molecule has 7 nitrogen and oxygen atoms in total. The lowest BCUT2D eigenvalue weighted by molar-refractivity contribution is -0.131.